The summed E-state index contributed by atoms with van der Waals surface area (Å²) in [7, 11) is 0. The summed E-state index contributed by atoms with van der Waals surface area (Å²) >= 11 is 6.45. The molecule has 3 aromatic carbocycles. The van der Waals surface area contributed by atoms with Gasteiger partial charge >= 0.3 is 5.97 Å². The number of benzene rings is 3. The van der Waals surface area contributed by atoms with Crippen LogP contribution >= 0.6 is 11.6 Å². The fourth-order valence-corrected chi connectivity index (χ4v) is 3.32. The summed E-state index contributed by atoms with van der Waals surface area (Å²) in [6, 6.07) is 14.8. The number of ether oxygens (including phenoxy) is 2. The molecule has 7 heteroatoms. The van der Waals surface area contributed by atoms with E-state index in [2.05, 4.69) is 5.32 Å². The molecule has 0 aliphatic rings. The molecule has 3 aromatic rings. The maximum Gasteiger partial charge on any atom is 0.335 e. The Balaban J connectivity index is 1.79. The van der Waals surface area contributed by atoms with Gasteiger partial charge in [-0.05, 0) is 55.3 Å². The van der Waals surface area contributed by atoms with Gasteiger partial charge in [0.25, 0.3) is 0 Å². The lowest BCUT2D eigenvalue weighted by Crippen LogP contribution is -2.06. The SMILES string of the molecule is CCOc1cc(CNc2cc(C(=O)O)ccc2C)cc(Cl)c1OCc1ccccc1F. The monoisotopic (exact) mass is 443 g/mol. The van der Waals surface area contributed by atoms with Gasteiger partial charge in [0, 0.05) is 17.8 Å². The fraction of sp³-hybridized carbons (Fsp3) is 0.208. The van der Waals surface area contributed by atoms with Crippen LogP contribution in [0.2, 0.25) is 5.02 Å². The van der Waals surface area contributed by atoms with Crippen LogP contribution in [0.1, 0.15) is 34.0 Å². The third-order valence-electron chi connectivity index (χ3n) is 4.67. The quantitative estimate of drug-likeness (QED) is 0.419. The number of anilines is 1. The number of carboxylic acid groups (broad SMARTS) is 1. The van der Waals surface area contributed by atoms with Gasteiger partial charge in [0.05, 0.1) is 17.2 Å². The zero-order chi connectivity index (χ0) is 22.4. The first-order valence-corrected chi connectivity index (χ1v) is 10.2. The van der Waals surface area contributed by atoms with Crippen LogP contribution in [0.15, 0.2) is 54.6 Å². The van der Waals surface area contributed by atoms with Crippen LogP contribution in [0.3, 0.4) is 0 Å². The van der Waals surface area contributed by atoms with Crippen LogP contribution in [-0.4, -0.2) is 17.7 Å². The van der Waals surface area contributed by atoms with Crippen LogP contribution in [-0.2, 0) is 13.2 Å². The second kappa shape index (κ2) is 10.2. The van der Waals surface area contributed by atoms with E-state index in [4.69, 9.17) is 21.1 Å². The van der Waals surface area contributed by atoms with Crippen LogP contribution in [0.25, 0.3) is 0 Å². The second-order valence-corrected chi connectivity index (χ2v) is 7.31. The van der Waals surface area contributed by atoms with Crippen molar-refractivity contribution < 1.29 is 23.8 Å². The molecule has 5 nitrogen and oxygen atoms in total. The highest BCUT2D eigenvalue weighted by Crippen LogP contribution is 2.37. The van der Waals surface area contributed by atoms with Crippen molar-refractivity contribution in [3.63, 3.8) is 0 Å². The smallest absolute Gasteiger partial charge is 0.335 e. The average molecular weight is 444 g/mol. The number of halogens is 2. The molecule has 0 amide bonds. The van der Waals surface area contributed by atoms with Gasteiger partial charge in [0.15, 0.2) is 11.5 Å². The summed E-state index contributed by atoms with van der Waals surface area (Å²) in [4.78, 5) is 11.2. The molecule has 3 rings (SSSR count). The maximum absolute atomic E-state index is 13.9. The van der Waals surface area contributed by atoms with Crippen molar-refractivity contribution in [3.05, 3.63) is 87.7 Å². The number of nitrogens with one attached hydrogen (secondary N) is 1. The Hall–Kier alpha value is -3.25. The topological polar surface area (TPSA) is 67.8 Å². The van der Waals surface area contributed by atoms with Crippen molar-refractivity contribution in [2.24, 2.45) is 0 Å². The summed E-state index contributed by atoms with van der Waals surface area (Å²) in [6.07, 6.45) is 0. The van der Waals surface area contributed by atoms with Gasteiger partial charge in [-0.1, -0.05) is 35.9 Å². The zero-order valence-corrected chi connectivity index (χ0v) is 18.0. The minimum absolute atomic E-state index is 0.0191. The minimum Gasteiger partial charge on any atom is -0.490 e. The van der Waals surface area contributed by atoms with E-state index in [-0.39, 0.29) is 18.0 Å². The number of aryl methyl sites for hydroxylation is 1. The second-order valence-electron chi connectivity index (χ2n) is 6.91. The van der Waals surface area contributed by atoms with E-state index in [1.807, 2.05) is 13.8 Å². The molecule has 0 heterocycles. The Labute approximate surface area is 185 Å². The van der Waals surface area contributed by atoms with E-state index in [0.29, 0.717) is 40.9 Å². The van der Waals surface area contributed by atoms with Crippen molar-refractivity contribution in [2.45, 2.75) is 27.0 Å². The molecule has 0 aliphatic carbocycles. The number of rotatable bonds is 9. The van der Waals surface area contributed by atoms with Gasteiger partial charge in [-0.3, -0.25) is 0 Å². The molecule has 0 bridgehead atoms. The van der Waals surface area contributed by atoms with Crippen molar-refractivity contribution in [3.8, 4) is 11.5 Å². The standard InChI is InChI=1S/C24H23ClFNO4/c1-3-30-22-11-16(13-27-21-12-17(24(28)29)9-8-15(21)2)10-19(25)23(22)31-14-18-6-4-5-7-20(18)26/h4-12,27H,3,13-14H2,1-2H3,(H,28,29). The van der Waals surface area contributed by atoms with E-state index in [9.17, 15) is 14.3 Å². The fourth-order valence-electron chi connectivity index (χ4n) is 3.03. The third kappa shape index (κ3) is 5.67. The summed E-state index contributed by atoms with van der Waals surface area (Å²) in [6.45, 7) is 4.57. The van der Waals surface area contributed by atoms with E-state index < -0.39 is 5.97 Å². The number of hydrogen-bond donors (Lipinski definition) is 2. The summed E-state index contributed by atoms with van der Waals surface area (Å²) in [5.74, 6) is -0.531. The van der Waals surface area contributed by atoms with Crippen molar-refractivity contribution in [1.29, 1.82) is 0 Å². The van der Waals surface area contributed by atoms with Crippen LogP contribution in [0, 0.1) is 12.7 Å². The Morgan fingerprint density at radius 1 is 1.13 bits per heavy atom. The summed E-state index contributed by atoms with van der Waals surface area (Å²) < 4.78 is 25.4. The molecular weight excluding hydrogens is 421 g/mol. The Kier molecular flexibility index (Phi) is 7.36. The minimum atomic E-state index is -0.985. The normalized spacial score (nSPS) is 10.6. The molecule has 0 saturated heterocycles. The van der Waals surface area contributed by atoms with E-state index in [1.54, 1.807) is 48.5 Å². The van der Waals surface area contributed by atoms with Gasteiger partial charge in [0.2, 0.25) is 0 Å². The third-order valence-corrected chi connectivity index (χ3v) is 4.95. The highest BCUT2D eigenvalue weighted by Gasteiger charge is 2.14. The lowest BCUT2D eigenvalue weighted by molar-refractivity contribution is 0.0697. The molecule has 0 spiro atoms. The van der Waals surface area contributed by atoms with Crippen molar-refractivity contribution >= 4 is 23.3 Å². The Morgan fingerprint density at radius 2 is 1.90 bits per heavy atom. The van der Waals surface area contributed by atoms with E-state index in [1.165, 1.54) is 6.07 Å². The molecule has 162 valence electrons. The van der Waals surface area contributed by atoms with Gasteiger partial charge in [-0.15, -0.1) is 0 Å². The Morgan fingerprint density at radius 3 is 2.61 bits per heavy atom. The molecule has 31 heavy (non-hydrogen) atoms. The average Bonchev–Trinajstić information content (AvgIpc) is 2.73. The molecular formula is C24H23ClFNO4. The van der Waals surface area contributed by atoms with E-state index in [0.717, 1.165) is 11.1 Å². The lowest BCUT2D eigenvalue weighted by atomic mass is 10.1. The maximum atomic E-state index is 13.9. The first kappa shape index (κ1) is 22.4. The number of carboxylic acids is 1. The van der Waals surface area contributed by atoms with Crippen LogP contribution in [0.5, 0.6) is 11.5 Å². The first-order chi connectivity index (χ1) is 14.9. The van der Waals surface area contributed by atoms with E-state index >= 15 is 0 Å². The van der Waals surface area contributed by atoms with Gasteiger partial charge < -0.3 is 19.9 Å². The highest BCUT2D eigenvalue weighted by molar-refractivity contribution is 6.32. The number of aromatic carboxylic acids is 1. The van der Waals surface area contributed by atoms with Crippen LogP contribution < -0.4 is 14.8 Å². The molecule has 0 aromatic heterocycles. The number of carbonyl (C=O) groups is 1. The molecule has 0 atom stereocenters. The summed E-state index contributed by atoms with van der Waals surface area (Å²) in [5.41, 5.74) is 3.09. The van der Waals surface area contributed by atoms with Gasteiger partial charge in [-0.2, -0.15) is 0 Å². The van der Waals surface area contributed by atoms with Gasteiger partial charge in [0.1, 0.15) is 12.4 Å². The predicted octanol–water partition coefficient (Wildman–Crippen LogP) is 6.08. The van der Waals surface area contributed by atoms with Gasteiger partial charge in [-0.25, -0.2) is 9.18 Å². The molecule has 0 fully saturated rings. The largest absolute Gasteiger partial charge is 0.490 e. The predicted molar refractivity (Wildman–Crippen MR) is 119 cm³/mol. The number of hydrogen-bond acceptors (Lipinski definition) is 4. The lowest BCUT2D eigenvalue weighted by Gasteiger charge is -2.16. The molecule has 0 unspecified atom stereocenters. The van der Waals surface area contributed by atoms with Crippen LogP contribution in [0.4, 0.5) is 10.1 Å². The molecule has 2 N–H and O–H groups in total. The Bertz CT molecular complexity index is 1090. The van der Waals surface area contributed by atoms with Crippen molar-refractivity contribution in [1.82, 2.24) is 0 Å². The molecule has 0 aliphatic heterocycles. The zero-order valence-electron chi connectivity index (χ0n) is 17.2. The highest BCUT2D eigenvalue weighted by atomic mass is 35.5. The summed E-state index contributed by atoms with van der Waals surface area (Å²) in [5, 5.41) is 12.8. The first-order valence-electron chi connectivity index (χ1n) is 9.78. The molecule has 0 saturated carbocycles. The van der Waals surface area contributed by atoms with Crippen molar-refractivity contribution in [2.75, 3.05) is 11.9 Å². The molecule has 0 radical (unpaired) electrons.